The summed E-state index contributed by atoms with van der Waals surface area (Å²) >= 11 is 0. The summed E-state index contributed by atoms with van der Waals surface area (Å²) in [6.07, 6.45) is 16.5. The van der Waals surface area contributed by atoms with Crippen molar-refractivity contribution < 1.29 is 0 Å². The molecule has 0 aromatic carbocycles. The molecule has 1 heteroatoms. The van der Waals surface area contributed by atoms with Crippen LogP contribution in [0.5, 0.6) is 0 Å². The third kappa shape index (κ3) is 7.31. The molecule has 1 aliphatic carbocycles. The van der Waals surface area contributed by atoms with Crippen molar-refractivity contribution in [2.75, 3.05) is 13.6 Å². The summed E-state index contributed by atoms with van der Waals surface area (Å²) in [7, 11) is 2.05. The molecule has 0 saturated carbocycles. The molecule has 1 aliphatic rings. The number of nitrogens with one attached hydrogen (secondary N) is 1. The Bertz CT molecular complexity index is 340. The van der Waals surface area contributed by atoms with Gasteiger partial charge >= 0.3 is 0 Å². The maximum Gasteiger partial charge on any atom is 0.00114 e. The molecule has 0 aromatic heterocycles. The summed E-state index contributed by atoms with van der Waals surface area (Å²) in [6, 6.07) is 0. The molecule has 2 atom stereocenters. The van der Waals surface area contributed by atoms with Crippen molar-refractivity contribution in [2.24, 2.45) is 17.3 Å². The molecule has 1 nitrogen and oxygen atoms in total. The monoisotopic (exact) mass is 291 g/mol. The largest absolute Gasteiger partial charge is 0.319 e. The van der Waals surface area contributed by atoms with Crippen LogP contribution in [0.15, 0.2) is 23.8 Å². The lowest BCUT2D eigenvalue weighted by Gasteiger charge is -2.30. The lowest BCUT2D eigenvalue weighted by atomic mass is 9.75. The second kappa shape index (κ2) is 9.46. The Balaban J connectivity index is 2.40. The molecule has 0 aliphatic heterocycles. The van der Waals surface area contributed by atoms with Crippen LogP contribution < -0.4 is 5.32 Å². The Kier molecular flexibility index (Phi) is 8.33. The van der Waals surface area contributed by atoms with E-state index in [0.29, 0.717) is 11.3 Å². The van der Waals surface area contributed by atoms with Crippen molar-refractivity contribution in [3.8, 4) is 0 Å². The number of hydrogen-bond acceptors (Lipinski definition) is 1. The van der Waals surface area contributed by atoms with E-state index in [4.69, 9.17) is 0 Å². The Morgan fingerprint density at radius 1 is 1.38 bits per heavy atom. The zero-order valence-corrected chi connectivity index (χ0v) is 15.0. The first kappa shape index (κ1) is 18.5. The van der Waals surface area contributed by atoms with E-state index >= 15 is 0 Å². The van der Waals surface area contributed by atoms with E-state index in [9.17, 15) is 0 Å². The fourth-order valence-corrected chi connectivity index (χ4v) is 3.65. The van der Waals surface area contributed by atoms with Crippen LogP contribution in [0.2, 0.25) is 0 Å². The first-order chi connectivity index (χ1) is 9.99. The molecule has 0 bridgehead atoms. The standard InChI is InChI=1S/C20H37N/c1-6-20(4,15-17(2)3)14-8-11-18-9-7-10-19(13-12-18)16-21-5/h9,12-13,17,19,21H,6-8,10-11,14-16H2,1-5H3. The van der Waals surface area contributed by atoms with Crippen LogP contribution in [0.25, 0.3) is 0 Å². The minimum Gasteiger partial charge on any atom is -0.319 e. The van der Waals surface area contributed by atoms with Crippen LogP contribution in [0, 0.1) is 17.3 Å². The van der Waals surface area contributed by atoms with Gasteiger partial charge in [-0.15, -0.1) is 0 Å². The van der Waals surface area contributed by atoms with Crippen molar-refractivity contribution in [3.05, 3.63) is 23.8 Å². The van der Waals surface area contributed by atoms with Gasteiger partial charge < -0.3 is 5.32 Å². The summed E-state index contributed by atoms with van der Waals surface area (Å²) < 4.78 is 0. The number of hydrogen-bond donors (Lipinski definition) is 1. The van der Waals surface area contributed by atoms with Crippen molar-refractivity contribution in [1.82, 2.24) is 5.32 Å². The summed E-state index contributed by atoms with van der Waals surface area (Å²) in [5.41, 5.74) is 2.11. The SMILES string of the molecule is CCC(C)(CCCC1=CCCC(CNC)C=C1)CC(C)C. The quantitative estimate of drug-likeness (QED) is 0.572. The third-order valence-corrected chi connectivity index (χ3v) is 4.99. The average molecular weight is 292 g/mol. The Morgan fingerprint density at radius 3 is 2.76 bits per heavy atom. The topological polar surface area (TPSA) is 12.0 Å². The van der Waals surface area contributed by atoms with Crippen LogP contribution >= 0.6 is 0 Å². The molecule has 0 heterocycles. The van der Waals surface area contributed by atoms with E-state index in [0.717, 1.165) is 12.5 Å². The fraction of sp³-hybridized carbons (Fsp3) is 0.800. The van der Waals surface area contributed by atoms with Crippen LogP contribution in [-0.4, -0.2) is 13.6 Å². The highest BCUT2D eigenvalue weighted by atomic mass is 14.8. The smallest absolute Gasteiger partial charge is 0.00114 e. The fourth-order valence-electron chi connectivity index (χ4n) is 3.65. The predicted octanol–water partition coefficient (Wildman–Crippen LogP) is 5.73. The Hall–Kier alpha value is -0.560. The second-order valence-electron chi connectivity index (χ2n) is 7.65. The first-order valence-corrected chi connectivity index (χ1v) is 9.01. The van der Waals surface area contributed by atoms with E-state index in [1.54, 1.807) is 5.57 Å². The molecular weight excluding hydrogens is 254 g/mol. The van der Waals surface area contributed by atoms with Gasteiger partial charge in [-0.1, -0.05) is 57.9 Å². The second-order valence-corrected chi connectivity index (χ2v) is 7.65. The van der Waals surface area contributed by atoms with Gasteiger partial charge in [0.15, 0.2) is 0 Å². The molecule has 0 fully saturated rings. The van der Waals surface area contributed by atoms with Crippen molar-refractivity contribution in [3.63, 3.8) is 0 Å². The van der Waals surface area contributed by atoms with E-state index in [1.165, 1.54) is 44.9 Å². The highest BCUT2D eigenvalue weighted by molar-refractivity contribution is 5.21. The maximum atomic E-state index is 3.29. The van der Waals surface area contributed by atoms with Gasteiger partial charge in [0.05, 0.1) is 0 Å². The minimum absolute atomic E-state index is 0.540. The van der Waals surface area contributed by atoms with Gasteiger partial charge in [0.1, 0.15) is 0 Å². The molecule has 21 heavy (non-hydrogen) atoms. The van der Waals surface area contributed by atoms with Gasteiger partial charge in [0, 0.05) is 6.54 Å². The summed E-state index contributed by atoms with van der Waals surface area (Å²) in [6.45, 7) is 10.7. The predicted molar refractivity (Wildman–Crippen MR) is 95.6 cm³/mol. The van der Waals surface area contributed by atoms with Crippen LogP contribution in [0.4, 0.5) is 0 Å². The molecule has 1 N–H and O–H groups in total. The minimum atomic E-state index is 0.540. The van der Waals surface area contributed by atoms with Crippen molar-refractivity contribution in [2.45, 2.75) is 72.6 Å². The summed E-state index contributed by atoms with van der Waals surface area (Å²) in [5.74, 6) is 1.53. The molecule has 0 radical (unpaired) electrons. The van der Waals surface area contributed by atoms with Gasteiger partial charge in [-0.05, 0) is 62.8 Å². The third-order valence-electron chi connectivity index (χ3n) is 4.99. The highest BCUT2D eigenvalue weighted by Crippen LogP contribution is 2.35. The van der Waals surface area contributed by atoms with E-state index in [-0.39, 0.29) is 0 Å². The van der Waals surface area contributed by atoms with Crippen molar-refractivity contribution >= 4 is 0 Å². The van der Waals surface area contributed by atoms with E-state index in [1.807, 2.05) is 7.05 Å². The Labute approximate surface area is 133 Å². The zero-order valence-electron chi connectivity index (χ0n) is 15.0. The lowest BCUT2D eigenvalue weighted by molar-refractivity contribution is 0.221. The molecule has 2 unspecified atom stereocenters. The maximum absolute atomic E-state index is 3.29. The molecular formula is C20H37N. The lowest BCUT2D eigenvalue weighted by Crippen LogP contribution is -2.17. The molecule has 0 spiro atoms. The number of allylic oxidation sites excluding steroid dienone is 3. The zero-order chi connectivity index (χ0) is 15.7. The van der Waals surface area contributed by atoms with E-state index < -0.39 is 0 Å². The van der Waals surface area contributed by atoms with Crippen molar-refractivity contribution in [1.29, 1.82) is 0 Å². The average Bonchev–Trinajstić information content (AvgIpc) is 2.64. The van der Waals surface area contributed by atoms with Gasteiger partial charge in [-0.25, -0.2) is 0 Å². The van der Waals surface area contributed by atoms with Crippen LogP contribution in [0.1, 0.15) is 72.6 Å². The van der Waals surface area contributed by atoms with Gasteiger partial charge in [0.25, 0.3) is 0 Å². The highest BCUT2D eigenvalue weighted by Gasteiger charge is 2.22. The van der Waals surface area contributed by atoms with Gasteiger partial charge in [0.2, 0.25) is 0 Å². The normalized spacial score (nSPS) is 22.0. The molecule has 0 amide bonds. The summed E-state index contributed by atoms with van der Waals surface area (Å²) in [5, 5.41) is 3.29. The molecule has 0 aromatic rings. The Morgan fingerprint density at radius 2 is 2.14 bits per heavy atom. The van der Waals surface area contributed by atoms with Crippen LogP contribution in [-0.2, 0) is 0 Å². The molecule has 1 rings (SSSR count). The summed E-state index contributed by atoms with van der Waals surface area (Å²) in [4.78, 5) is 0. The van der Waals surface area contributed by atoms with Crippen LogP contribution in [0.3, 0.4) is 0 Å². The van der Waals surface area contributed by atoms with E-state index in [2.05, 4.69) is 51.2 Å². The van der Waals surface area contributed by atoms with Gasteiger partial charge in [-0.2, -0.15) is 0 Å². The van der Waals surface area contributed by atoms with Gasteiger partial charge in [-0.3, -0.25) is 0 Å². The number of rotatable bonds is 9. The molecule has 0 saturated heterocycles. The first-order valence-electron chi connectivity index (χ1n) is 9.01. The molecule has 122 valence electrons.